The minimum Gasteiger partial charge on any atom is -0.465 e. The van der Waals surface area contributed by atoms with Crippen molar-refractivity contribution < 1.29 is 14.3 Å². The molecule has 1 amide bonds. The Morgan fingerprint density at radius 1 is 1.32 bits per heavy atom. The molecule has 2 atom stereocenters. The third-order valence-electron chi connectivity index (χ3n) is 5.57. The van der Waals surface area contributed by atoms with Gasteiger partial charge in [-0.05, 0) is 37.7 Å². The summed E-state index contributed by atoms with van der Waals surface area (Å²) in [4.78, 5) is 25.7. The minimum absolute atomic E-state index is 0.000189. The lowest BCUT2D eigenvalue weighted by Gasteiger charge is -2.48. The number of anilines is 1. The lowest BCUT2D eigenvalue weighted by molar-refractivity contribution is 0.0593. The van der Waals surface area contributed by atoms with Crippen LogP contribution in [0.2, 0.25) is 0 Å². The van der Waals surface area contributed by atoms with Gasteiger partial charge >= 0.3 is 6.09 Å². The van der Waals surface area contributed by atoms with Crippen molar-refractivity contribution in [1.29, 1.82) is 0 Å². The molecule has 28 heavy (non-hydrogen) atoms. The van der Waals surface area contributed by atoms with Crippen molar-refractivity contribution in [3.63, 3.8) is 0 Å². The summed E-state index contributed by atoms with van der Waals surface area (Å²) in [7, 11) is 0. The molecule has 4 heterocycles. The molecule has 146 valence electrons. The Hall–Kier alpha value is -2.26. The molecule has 1 N–H and O–H groups in total. The number of oxazole rings is 1. The number of hydrogen-bond donors (Lipinski definition) is 1. The monoisotopic (exact) mass is 416 g/mol. The molecule has 0 spiro atoms. The first-order valence-corrected chi connectivity index (χ1v) is 11.4. The molecule has 2 unspecified atom stereocenters. The van der Waals surface area contributed by atoms with E-state index in [1.54, 1.807) is 34.2 Å². The molecule has 0 saturated carbocycles. The maximum atomic E-state index is 11.7. The summed E-state index contributed by atoms with van der Waals surface area (Å²) in [6, 6.07) is 4.71. The first-order chi connectivity index (χ1) is 13.6. The Morgan fingerprint density at radius 2 is 2.11 bits per heavy atom. The van der Waals surface area contributed by atoms with Gasteiger partial charge in [-0.25, -0.2) is 9.78 Å². The summed E-state index contributed by atoms with van der Waals surface area (Å²) in [5.41, 5.74) is 2.52. The number of nitrogens with zero attached hydrogens (tertiary/aromatic N) is 4. The van der Waals surface area contributed by atoms with Gasteiger partial charge < -0.3 is 14.4 Å². The second-order valence-electron chi connectivity index (χ2n) is 7.19. The third-order valence-corrected chi connectivity index (χ3v) is 7.08. The molecule has 2 bridgehead atoms. The summed E-state index contributed by atoms with van der Waals surface area (Å²) in [5.74, 6) is 0. The number of benzene rings is 1. The Balaban J connectivity index is 1.54. The van der Waals surface area contributed by atoms with Crippen LogP contribution in [0.4, 0.5) is 10.8 Å². The van der Waals surface area contributed by atoms with Crippen LogP contribution in [0, 0.1) is 0 Å². The first kappa shape index (κ1) is 17.8. The van der Waals surface area contributed by atoms with Gasteiger partial charge in [0.1, 0.15) is 10.5 Å². The summed E-state index contributed by atoms with van der Waals surface area (Å²) in [6.07, 6.45) is 5.87. The maximum Gasteiger partial charge on any atom is 0.407 e. The maximum absolute atomic E-state index is 11.7. The zero-order valence-corrected chi connectivity index (χ0v) is 17.0. The van der Waals surface area contributed by atoms with Crippen LogP contribution in [0.25, 0.3) is 21.7 Å². The number of piperazine rings is 1. The van der Waals surface area contributed by atoms with Gasteiger partial charge in [0.05, 0.1) is 17.6 Å². The van der Waals surface area contributed by atoms with E-state index in [4.69, 9.17) is 9.40 Å². The van der Waals surface area contributed by atoms with Crippen LogP contribution in [0.1, 0.15) is 19.3 Å². The van der Waals surface area contributed by atoms with Crippen LogP contribution >= 0.6 is 23.1 Å². The topological polar surface area (TPSA) is 82.7 Å². The fourth-order valence-electron chi connectivity index (χ4n) is 4.34. The van der Waals surface area contributed by atoms with Crippen LogP contribution in [0.15, 0.2) is 33.0 Å². The summed E-state index contributed by atoms with van der Waals surface area (Å²) >= 11 is 3.24. The zero-order chi connectivity index (χ0) is 19.3. The SMILES string of the molecule is CSc1cc(-c2nccs2)c2oc(N3CC4CCCC(C3)N4C(=O)O)nc2c1. The quantitative estimate of drug-likeness (QED) is 0.634. The Morgan fingerprint density at radius 3 is 2.75 bits per heavy atom. The fourth-order valence-corrected chi connectivity index (χ4v) is 5.46. The number of piperidine rings is 1. The van der Waals surface area contributed by atoms with E-state index in [9.17, 15) is 9.90 Å². The molecule has 2 aliphatic heterocycles. The number of amides is 1. The minimum atomic E-state index is -0.817. The van der Waals surface area contributed by atoms with Gasteiger partial charge in [0.15, 0.2) is 5.58 Å². The van der Waals surface area contributed by atoms with Crippen molar-refractivity contribution in [3.8, 4) is 10.6 Å². The number of rotatable bonds is 3. The standard InChI is InChI=1S/C19H20N4O3S2/c1-27-13-7-14(17-20-5-6-28-17)16-15(8-13)21-18(26-16)22-9-11-3-2-4-12(10-22)23(11)19(24)25/h5-8,11-12H,2-4,9-10H2,1H3,(H,24,25). The van der Waals surface area contributed by atoms with Gasteiger partial charge in [0.2, 0.25) is 0 Å². The lowest BCUT2D eigenvalue weighted by Crippen LogP contribution is -2.62. The Kier molecular flexibility index (Phi) is 4.43. The number of thioether (sulfide) groups is 1. The summed E-state index contributed by atoms with van der Waals surface area (Å²) in [6.45, 7) is 1.25. The molecule has 2 saturated heterocycles. The highest BCUT2D eigenvalue weighted by Gasteiger charge is 2.41. The van der Waals surface area contributed by atoms with E-state index in [1.165, 1.54) is 0 Å². The van der Waals surface area contributed by atoms with Crippen molar-refractivity contribution in [2.45, 2.75) is 36.2 Å². The van der Waals surface area contributed by atoms with Gasteiger partial charge in [-0.2, -0.15) is 4.98 Å². The van der Waals surface area contributed by atoms with Crippen molar-refractivity contribution in [2.75, 3.05) is 24.2 Å². The van der Waals surface area contributed by atoms with Gasteiger partial charge in [-0.15, -0.1) is 23.1 Å². The molecular weight excluding hydrogens is 396 g/mol. The van der Waals surface area contributed by atoms with E-state index in [0.29, 0.717) is 19.1 Å². The first-order valence-electron chi connectivity index (χ1n) is 9.28. The van der Waals surface area contributed by atoms with Crippen molar-refractivity contribution in [2.24, 2.45) is 0 Å². The Bertz CT molecular complexity index is 1010. The highest BCUT2D eigenvalue weighted by Crippen LogP contribution is 2.38. The second-order valence-corrected chi connectivity index (χ2v) is 8.96. The molecular formula is C19H20N4O3S2. The highest BCUT2D eigenvalue weighted by molar-refractivity contribution is 7.98. The molecule has 2 aromatic heterocycles. The molecule has 3 aromatic rings. The number of aromatic nitrogens is 2. The van der Waals surface area contributed by atoms with E-state index >= 15 is 0 Å². The normalized spacial score (nSPS) is 22.0. The number of thiazole rings is 1. The average Bonchev–Trinajstić information content (AvgIpc) is 3.35. The van der Waals surface area contributed by atoms with E-state index < -0.39 is 6.09 Å². The predicted molar refractivity (Wildman–Crippen MR) is 110 cm³/mol. The molecule has 0 aliphatic carbocycles. The molecule has 5 rings (SSSR count). The van der Waals surface area contributed by atoms with Crippen molar-refractivity contribution in [1.82, 2.24) is 14.9 Å². The van der Waals surface area contributed by atoms with Crippen molar-refractivity contribution >= 4 is 46.3 Å². The van der Waals surface area contributed by atoms with Gasteiger partial charge in [-0.1, -0.05) is 0 Å². The zero-order valence-electron chi connectivity index (χ0n) is 15.4. The number of carbonyl (C=O) groups is 1. The Labute approximate surface area is 170 Å². The number of fused-ring (bicyclic) bond motifs is 3. The van der Waals surface area contributed by atoms with Crippen molar-refractivity contribution in [3.05, 3.63) is 23.7 Å². The smallest absolute Gasteiger partial charge is 0.407 e. The molecule has 0 radical (unpaired) electrons. The van der Waals surface area contributed by atoms with Crippen LogP contribution in [0.3, 0.4) is 0 Å². The average molecular weight is 417 g/mol. The van der Waals surface area contributed by atoms with Crippen LogP contribution in [0.5, 0.6) is 0 Å². The van der Waals surface area contributed by atoms with E-state index in [2.05, 4.69) is 16.0 Å². The second kappa shape index (κ2) is 6.97. The molecule has 7 nitrogen and oxygen atoms in total. The number of carboxylic acid groups (broad SMARTS) is 1. The summed E-state index contributed by atoms with van der Waals surface area (Å²) < 4.78 is 6.23. The van der Waals surface area contributed by atoms with E-state index in [0.717, 1.165) is 45.8 Å². The van der Waals surface area contributed by atoms with E-state index in [1.807, 2.05) is 17.7 Å². The van der Waals surface area contributed by atoms with Gasteiger partial charge in [0.25, 0.3) is 6.01 Å². The highest BCUT2D eigenvalue weighted by atomic mass is 32.2. The van der Waals surface area contributed by atoms with Crippen LogP contribution in [-0.2, 0) is 0 Å². The van der Waals surface area contributed by atoms with E-state index in [-0.39, 0.29) is 12.1 Å². The number of hydrogen-bond acceptors (Lipinski definition) is 7. The predicted octanol–water partition coefficient (Wildman–Crippen LogP) is 4.39. The molecule has 9 heteroatoms. The molecule has 1 aromatic carbocycles. The molecule has 2 fully saturated rings. The summed E-state index contributed by atoms with van der Waals surface area (Å²) in [5, 5.41) is 12.4. The third kappa shape index (κ3) is 2.93. The van der Waals surface area contributed by atoms with Crippen LogP contribution < -0.4 is 4.90 Å². The fraction of sp³-hybridized carbons (Fsp3) is 0.421. The van der Waals surface area contributed by atoms with Gasteiger partial charge in [-0.3, -0.25) is 4.90 Å². The molecule has 2 aliphatic rings. The largest absolute Gasteiger partial charge is 0.465 e. The lowest BCUT2D eigenvalue weighted by atomic mass is 9.92. The van der Waals surface area contributed by atoms with Gasteiger partial charge in [0, 0.05) is 29.6 Å². The van der Waals surface area contributed by atoms with Crippen LogP contribution in [-0.4, -0.2) is 57.5 Å².